The molecule has 6 nitrogen and oxygen atoms in total. The first-order valence-electron chi connectivity index (χ1n) is 8.81. The van der Waals surface area contributed by atoms with Crippen LogP contribution in [0.5, 0.6) is 0 Å². The molecule has 0 radical (unpaired) electrons. The molecule has 1 aliphatic heterocycles. The Morgan fingerprint density at radius 3 is 2.24 bits per heavy atom. The second kappa shape index (κ2) is 10.6. The van der Waals surface area contributed by atoms with Gasteiger partial charge in [0.15, 0.2) is 0 Å². The Morgan fingerprint density at radius 1 is 1.12 bits per heavy atom. The largest absolute Gasteiger partial charge is 0.349 e. The van der Waals surface area contributed by atoms with Gasteiger partial charge in [-0.1, -0.05) is 12.8 Å². The van der Waals surface area contributed by atoms with Crippen LogP contribution in [0.1, 0.15) is 39.0 Å². The summed E-state index contributed by atoms with van der Waals surface area (Å²) >= 11 is 0. The van der Waals surface area contributed by atoms with E-state index in [2.05, 4.69) is 4.90 Å². The van der Waals surface area contributed by atoms with Gasteiger partial charge in [0, 0.05) is 58.8 Å². The van der Waals surface area contributed by atoms with Gasteiger partial charge in [0.2, 0.25) is 11.8 Å². The summed E-state index contributed by atoms with van der Waals surface area (Å²) in [4.78, 5) is 30.3. The second-order valence-corrected chi connectivity index (χ2v) is 7.51. The summed E-state index contributed by atoms with van der Waals surface area (Å²) in [5, 5.41) is 0. The molecule has 1 saturated heterocycles. The smallest absolute Gasteiger partial charge is 0.227 e. The van der Waals surface area contributed by atoms with Crippen LogP contribution in [0.25, 0.3) is 0 Å². The summed E-state index contributed by atoms with van der Waals surface area (Å²) in [6.45, 7) is 6.00. The number of carbonyl (C=O) groups excluding carboxylic acids is 2. The van der Waals surface area contributed by atoms with Gasteiger partial charge in [0.1, 0.15) is 0 Å². The molecule has 148 valence electrons. The van der Waals surface area contributed by atoms with Crippen molar-refractivity contribution in [3.05, 3.63) is 0 Å². The number of hydrogen-bond donors (Lipinski definition) is 1. The average molecular weight is 397 g/mol. The van der Waals surface area contributed by atoms with E-state index in [1.165, 1.54) is 0 Å². The number of nitrogens with two attached hydrogens (primary N) is 1. The summed E-state index contributed by atoms with van der Waals surface area (Å²) in [6.07, 6.45) is 4.64. The van der Waals surface area contributed by atoms with E-state index in [0.29, 0.717) is 6.42 Å². The van der Waals surface area contributed by atoms with E-state index in [9.17, 15) is 9.59 Å². The van der Waals surface area contributed by atoms with Crippen LogP contribution in [-0.2, 0) is 9.59 Å². The molecule has 2 N–H and O–H groups in total. The zero-order valence-corrected chi connectivity index (χ0v) is 17.3. The van der Waals surface area contributed by atoms with Crippen molar-refractivity contribution in [2.24, 2.45) is 11.7 Å². The third-order valence-electron chi connectivity index (χ3n) is 5.38. The van der Waals surface area contributed by atoms with E-state index >= 15 is 0 Å². The maximum absolute atomic E-state index is 12.8. The lowest BCUT2D eigenvalue weighted by molar-refractivity contribution is -0.141. The zero-order chi connectivity index (χ0) is 17.0. The Bertz CT molecular complexity index is 438. The van der Waals surface area contributed by atoms with Gasteiger partial charge in [-0.3, -0.25) is 14.5 Å². The number of amides is 2. The van der Waals surface area contributed by atoms with Crippen LogP contribution in [0, 0.1) is 5.92 Å². The van der Waals surface area contributed by atoms with Crippen LogP contribution < -0.4 is 5.73 Å². The number of hydrogen-bond acceptors (Lipinski definition) is 4. The molecule has 8 heteroatoms. The summed E-state index contributed by atoms with van der Waals surface area (Å²) in [5.41, 5.74) is 6.01. The van der Waals surface area contributed by atoms with E-state index in [1.54, 1.807) is 19.0 Å². The highest BCUT2D eigenvalue weighted by Crippen LogP contribution is 2.33. The molecule has 0 bridgehead atoms. The van der Waals surface area contributed by atoms with Gasteiger partial charge in [-0.05, 0) is 19.8 Å². The van der Waals surface area contributed by atoms with Gasteiger partial charge in [-0.2, -0.15) is 0 Å². The monoisotopic (exact) mass is 396 g/mol. The summed E-state index contributed by atoms with van der Waals surface area (Å²) < 4.78 is 0. The molecule has 2 rings (SSSR count). The van der Waals surface area contributed by atoms with E-state index in [4.69, 9.17) is 5.73 Å². The minimum atomic E-state index is -0.357. The average Bonchev–Trinajstić information content (AvgIpc) is 2.52. The van der Waals surface area contributed by atoms with Crippen molar-refractivity contribution in [2.45, 2.75) is 44.6 Å². The molecule has 0 aromatic heterocycles. The van der Waals surface area contributed by atoms with Gasteiger partial charge >= 0.3 is 0 Å². The lowest BCUT2D eigenvalue weighted by Crippen LogP contribution is -2.57. The SMILES string of the molecule is CN(C)C(=O)CCN1CCN(C(=O)C2CCCCC2(C)N)CC1.Cl.Cl. The Labute approximate surface area is 164 Å². The third kappa shape index (κ3) is 6.59. The van der Waals surface area contributed by atoms with Crippen LogP contribution >= 0.6 is 24.8 Å². The molecular weight excluding hydrogens is 363 g/mol. The fraction of sp³-hybridized carbons (Fsp3) is 0.882. The minimum absolute atomic E-state index is 0. The number of halogens is 2. The van der Waals surface area contributed by atoms with E-state index in [0.717, 1.165) is 58.4 Å². The molecule has 1 saturated carbocycles. The number of piperazine rings is 1. The second-order valence-electron chi connectivity index (χ2n) is 7.51. The Balaban J connectivity index is 0.00000288. The summed E-state index contributed by atoms with van der Waals surface area (Å²) in [7, 11) is 3.57. The molecule has 0 spiro atoms. The van der Waals surface area contributed by atoms with Crippen molar-refractivity contribution < 1.29 is 9.59 Å². The summed E-state index contributed by atoms with van der Waals surface area (Å²) in [6, 6.07) is 0. The third-order valence-corrected chi connectivity index (χ3v) is 5.38. The zero-order valence-electron chi connectivity index (χ0n) is 15.7. The van der Waals surface area contributed by atoms with Gasteiger partial charge in [-0.25, -0.2) is 0 Å². The maximum Gasteiger partial charge on any atom is 0.227 e. The Hall–Kier alpha value is -0.560. The maximum atomic E-state index is 12.8. The lowest BCUT2D eigenvalue weighted by atomic mass is 9.74. The molecular formula is C17H34Cl2N4O2. The van der Waals surface area contributed by atoms with Crippen molar-refractivity contribution >= 4 is 36.6 Å². The Morgan fingerprint density at radius 2 is 1.72 bits per heavy atom. The van der Waals surface area contributed by atoms with Crippen molar-refractivity contribution in [3.63, 3.8) is 0 Å². The van der Waals surface area contributed by atoms with E-state index < -0.39 is 0 Å². The normalized spacial score (nSPS) is 27.0. The van der Waals surface area contributed by atoms with Crippen LogP contribution in [-0.4, -0.2) is 78.9 Å². The molecule has 25 heavy (non-hydrogen) atoms. The summed E-state index contributed by atoms with van der Waals surface area (Å²) in [5.74, 6) is 0.362. The molecule has 1 heterocycles. The predicted molar refractivity (Wildman–Crippen MR) is 105 cm³/mol. The first-order chi connectivity index (χ1) is 10.8. The highest BCUT2D eigenvalue weighted by Gasteiger charge is 2.40. The molecule has 0 aromatic carbocycles. The fourth-order valence-electron chi connectivity index (χ4n) is 3.65. The Kier molecular flexibility index (Phi) is 10.3. The van der Waals surface area contributed by atoms with Gasteiger partial charge in [0.05, 0.1) is 5.92 Å². The van der Waals surface area contributed by atoms with Gasteiger partial charge in [0.25, 0.3) is 0 Å². The minimum Gasteiger partial charge on any atom is -0.349 e. The van der Waals surface area contributed by atoms with E-state index in [1.807, 2.05) is 11.8 Å². The standard InChI is InChI=1S/C17H32N4O2.2ClH/c1-17(18)8-5-4-6-14(17)16(23)21-12-10-20(11-13-21)9-7-15(22)19(2)3;;/h14H,4-13,18H2,1-3H3;2*1H. The molecule has 0 aromatic rings. The fourth-order valence-corrected chi connectivity index (χ4v) is 3.65. The van der Waals surface area contributed by atoms with Crippen molar-refractivity contribution in [1.29, 1.82) is 0 Å². The highest BCUT2D eigenvalue weighted by atomic mass is 35.5. The van der Waals surface area contributed by atoms with Crippen molar-refractivity contribution in [1.82, 2.24) is 14.7 Å². The van der Waals surface area contributed by atoms with Gasteiger partial charge in [-0.15, -0.1) is 24.8 Å². The quantitative estimate of drug-likeness (QED) is 0.778. The van der Waals surface area contributed by atoms with Crippen LogP contribution in [0.15, 0.2) is 0 Å². The molecule has 2 fully saturated rings. The number of rotatable bonds is 4. The topological polar surface area (TPSA) is 69.9 Å². The van der Waals surface area contributed by atoms with Crippen LogP contribution in [0.2, 0.25) is 0 Å². The predicted octanol–water partition coefficient (Wildman–Crippen LogP) is 1.36. The van der Waals surface area contributed by atoms with Crippen LogP contribution in [0.4, 0.5) is 0 Å². The van der Waals surface area contributed by atoms with Gasteiger partial charge < -0.3 is 15.5 Å². The lowest BCUT2D eigenvalue weighted by Gasteiger charge is -2.42. The number of nitrogens with zero attached hydrogens (tertiary/aromatic N) is 3. The first-order valence-corrected chi connectivity index (χ1v) is 8.81. The van der Waals surface area contributed by atoms with E-state index in [-0.39, 0.29) is 48.1 Å². The highest BCUT2D eigenvalue weighted by molar-refractivity contribution is 5.85. The van der Waals surface area contributed by atoms with Crippen molar-refractivity contribution in [2.75, 3.05) is 46.8 Å². The molecule has 2 aliphatic rings. The van der Waals surface area contributed by atoms with Crippen molar-refractivity contribution in [3.8, 4) is 0 Å². The molecule has 1 aliphatic carbocycles. The first kappa shape index (κ1) is 24.4. The molecule has 2 atom stereocenters. The molecule has 2 amide bonds. The van der Waals surface area contributed by atoms with Crippen LogP contribution in [0.3, 0.4) is 0 Å². The number of carbonyl (C=O) groups is 2. The molecule has 2 unspecified atom stereocenters.